The van der Waals surface area contributed by atoms with E-state index in [0.29, 0.717) is 0 Å². The normalized spacial score (nSPS) is 26.3. The maximum absolute atomic E-state index is 10.2. The summed E-state index contributed by atoms with van der Waals surface area (Å²) >= 11 is 0. The van der Waals surface area contributed by atoms with Crippen LogP contribution in [0.2, 0.25) is 6.04 Å². The highest BCUT2D eigenvalue weighted by atomic mass is 28.2. The van der Waals surface area contributed by atoms with Gasteiger partial charge in [0, 0.05) is 12.5 Å². The summed E-state index contributed by atoms with van der Waals surface area (Å²) in [7, 11) is -0.255. The first kappa shape index (κ1) is 3.99. The molecule has 0 spiro atoms. The number of hydrogen-bond donors (Lipinski definition) is 0. The molecule has 0 saturated carbocycles. The van der Waals surface area contributed by atoms with Crippen molar-refractivity contribution in [2.45, 2.75) is 12.5 Å². The van der Waals surface area contributed by atoms with Gasteiger partial charge in [0.1, 0.15) is 0 Å². The molecule has 1 rings (SSSR count). The number of rotatable bonds is 0. The molecule has 1 saturated heterocycles. The van der Waals surface area contributed by atoms with Crippen LogP contribution in [0, 0.1) is 4.91 Å². The quantitative estimate of drug-likeness (QED) is 0.383. The Morgan fingerprint density at radius 2 is 2.50 bits per heavy atom. The fraction of sp³-hybridized carbons (Fsp3) is 1.00. The van der Waals surface area contributed by atoms with E-state index in [1.165, 1.54) is 10.5 Å². The van der Waals surface area contributed by atoms with Gasteiger partial charge >= 0.3 is 9.68 Å². The van der Waals surface area contributed by atoms with Crippen molar-refractivity contribution in [3.05, 3.63) is 4.91 Å². The van der Waals surface area contributed by atoms with Crippen LogP contribution in [0.15, 0.2) is 0 Å². The Morgan fingerprint density at radius 3 is 2.67 bits per heavy atom. The zero-order valence-corrected chi connectivity index (χ0v) is 5.10. The molecule has 1 aliphatic heterocycles. The summed E-state index contributed by atoms with van der Waals surface area (Å²) in [6.45, 7) is 0.826. The lowest BCUT2D eigenvalue weighted by Crippen LogP contribution is -2.01. The zero-order valence-electron chi connectivity index (χ0n) is 3.68. The third-order valence-corrected chi connectivity index (χ3v) is 2.70. The maximum Gasteiger partial charge on any atom is 0.385 e. The Morgan fingerprint density at radius 1 is 1.67 bits per heavy atom. The molecule has 0 aromatic heterocycles. The number of nitroso groups, excluding NO2 is 1. The van der Waals surface area contributed by atoms with Crippen LogP contribution in [-0.4, -0.2) is 20.7 Å². The molecule has 34 valence electrons. The molecule has 0 radical (unpaired) electrons. The van der Waals surface area contributed by atoms with Crippen molar-refractivity contribution < 1.29 is 4.43 Å². The average molecular weight is 102 g/mol. The highest BCUT2D eigenvalue weighted by molar-refractivity contribution is 6.25. The third kappa shape index (κ3) is 0.652. The second-order valence-electron chi connectivity index (χ2n) is 1.64. The monoisotopic (exact) mass is 102 g/mol. The lowest BCUT2D eigenvalue weighted by Gasteiger charge is -1.67. The van der Waals surface area contributed by atoms with Gasteiger partial charge in [0.25, 0.3) is 0 Å². The fourth-order valence-corrected chi connectivity index (χ4v) is 1.94. The van der Waals surface area contributed by atoms with Crippen LogP contribution < -0.4 is 0 Å². The predicted octanol–water partition coefficient (Wildman–Crippen LogP) is -0.329. The summed E-state index contributed by atoms with van der Waals surface area (Å²) in [5, 5.41) is 0. The molecular formula is C3H8NOSi+. The van der Waals surface area contributed by atoms with Crippen LogP contribution >= 0.6 is 0 Å². The first-order valence-corrected chi connectivity index (χ1v) is 3.95. The Kier molecular flexibility index (Phi) is 1.00. The van der Waals surface area contributed by atoms with Gasteiger partial charge in [0.2, 0.25) is 0 Å². The Hall–Kier alpha value is -0.183. The molecule has 0 atom stereocenters. The van der Waals surface area contributed by atoms with Crippen molar-refractivity contribution in [3.63, 3.8) is 0 Å². The van der Waals surface area contributed by atoms with Crippen molar-refractivity contribution >= 4 is 9.68 Å². The van der Waals surface area contributed by atoms with E-state index in [1.54, 1.807) is 0 Å². The smallest absolute Gasteiger partial charge is 0.0816 e. The van der Waals surface area contributed by atoms with Gasteiger partial charge in [-0.15, -0.1) is 0 Å². The minimum Gasteiger partial charge on any atom is -0.0816 e. The standard InChI is InChI=1S/C3H8NOSi/c5-4-2-1-3-6-4/h1-3,6H2/q+1. The minimum atomic E-state index is -0.255. The Bertz CT molecular complexity index is 65.2. The topological polar surface area (TPSA) is 20.1 Å². The SMILES string of the molecule is O=[N+]1CCC[SiH2]1. The van der Waals surface area contributed by atoms with Crippen molar-refractivity contribution in [1.82, 2.24) is 0 Å². The zero-order chi connectivity index (χ0) is 4.41. The van der Waals surface area contributed by atoms with Crippen LogP contribution in [0.3, 0.4) is 0 Å². The Labute approximate surface area is 39.0 Å². The van der Waals surface area contributed by atoms with Gasteiger partial charge in [-0.3, -0.25) is 0 Å². The van der Waals surface area contributed by atoms with E-state index < -0.39 is 0 Å². The maximum atomic E-state index is 10.2. The summed E-state index contributed by atoms with van der Waals surface area (Å²) in [5.41, 5.74) is 0. The molecule has 3 heteroatoms. The van der Waals surface area contributed by atoms with Crippen LogP contribution in [0.4, 0.5) is 0 Å². The van der Waals surface area contributed by atoms with E-state index in [4.69, 9.17) is 0 Å². The largest absolute Gasteiger partial charge is 0.385 e. The highest BCUT2D eigenvalue weighted by Gasteiger charge is 2.16. The first-order chi connectivity index (χ1) is 2.89. The molecule has 1 heterocycles. The highest BCUT2D eigenvalue weighted by Crippen LogP contribution is 1.97. The molecular weight excluding hydrogens is 94.1 g/mol. The molecule has 0 bridgehead atoms. The molecule has 1 aliphatic rings. The van der Waals surface area contributed by atoms with E-state index in [-0.39, 0.29) is 9.68 Å². The third-order valence-electron chi connectivity index (χ3n) is 1.07. The summed E-state index contributed by atoms with van der Waals surface area (Å²) in [6.07, 6.45) is 1.16. The van der Waals surface area contributed by atoms with Crippen LogP contribution in [0.25, 0.3) is 0 Å². The Balaban J connectivity index is 2.37. The first-order valence-electron chi connectivity index (χ1n) is 2.32. The van der Waals surface area contributed by atoms with Crippen LogP contribution in [0.1, 0.15) is 6.42 Å². The molecule has 0 aliphatic carbocycles. The van der Waals surface area contributed by atoms with Crippen LogP contribution in [-0.2, 0) is 0 Å². The molecule has 1 fully saturated rings. The summed E-state index contributed by atoms with van der Waals surface area (Å²) in [4.78, 5) is 10.2. The number of nitrogens with zero attached hydrogens (tertiary/aromatic N) is 1. The average Bonchev–Trinajstić information content (AvgIpc) is 1.86. The van der Waals surface area contributed by atoms with Gasteiger partial charge in [0.15, 0.2) is 6.54 Å². The van der Waals surface area contributed by atoms with Gasteiger partial charge in [-0.1, -0.05) is 4.43 Å². The molecule has 0 amide bonds. The minimum absolute atomic E-state index is 0.255. The summed E-state index contributed by atoms with van der Waals surface area (Å²) < 4.78 is 1.25. The molecule has 0 N–H and O–H groups in total. The molecule has 0 aromatic carbocycles. The van der Waals surface area contributed by atoms with Crippen molar-refractivity contribution in [2.24, 2.45) is 0 Å². The molecule has 2 nitrogen and oxygen atoms in total. The van der Waals surface area contributed by atoms with Gasteiger partial charge in [-0.05, 0) is 4.91 Å². The van der Waals surface area contributed by atoms with Gasteiger partial charge in [-0.25, -0.2) is 0 Å². The van der Waals surface area contributed by atoms with E-state index in [0.717, 1.165) is 13.0 Å². The molecule has 0 unspecified atom stereocenters. The summed E-state index contributed by atoms with van der Waals surface area (Å²) in [5.74, 6) is 0. The molecule has 6 heavy (non-hydrogen) atoms. The second kappa shape index (κ2) is 1.51. The van der Waals surface area contributed by atoms with E-state index >= 15 is 0 Å². The second-order valence-corrected chi connectivity index (χ2v) is 3.50. The van der Waals surface area contributed by atoms with E-state index in [1.807, 2.05) is 0 Å². The van der Waals surface area contributed by atoms with E-state index in [9.17, 15) is 4.91 Å². The van der Waals surface area contributed by atoms with Gasteiger partial charge in [-0.2, -0.15) is 0 Å². The molecule has 0 aromatic rings. The van der Waals surface area contributed by atoms with E-state index in [2.05, 4.69) is 0 Å². The van der Waals surface area contributed by atoms with Crippen molar-refractivity contribution in [3.8, 4) is 0 Å². The lowest BCUT2D eigenvalue weighted by atomic mass is 10.5. The lowest BCUT2D eigenvalue weighted by molar-refractivity contribution is -0.393. The predicted molar refractivity (Wildman–Crippen MR) is 26.5 cm³/mol. The van der Waals surface area contributed by atoms with Crippen LogP contribution in [0.5, 0.6) is 0 Å². The van der Waals surface area contributed by atoms with Crippen molar-refractivity contribution in [2.75, 3.05) is 6.54 Å². The number of hydrogen-bond acceptors (Lipinski definition) is 1. The van der Waals surface area contributed by atoms with Crippen molar-refractivity contribution in [1.29, 1.82) is 0 Å². The summed E-state index contributed by atoms with van der Waals surface area (Å²) in [6, 6.07) is 1.24. The van der Waals surface area contributed by atoms with Gasteiger partial charge < -0.3 is 0 Å². The van der Waals surface area contributed by atoms with Gasteiger partial charge in [0.05, 0.1) is 0 Å². The fourth-order valence-electron chi connectivity index (χ4n) is 0.688.